The zero-order chi connectivity index (χ0) is 26.3. The Morgan fingerprint density at radius 1 is 1.25 bits per heavy atom. The number of nitrogens with two attached hydrogens (primary N) is 1. The van der Waals surface area contributed by atoms with Gasteiger partial charge < -0.3 is 25.2 Å². The molecule has 1 heterocycles. The Labute approximate surface area is 214 Å². The van der Waals surface area contributed by atoms with Gasteiger partial charge in [0.2, 0.25) is 0 Å². The maximum atomic E-state index is 12.3. The highest BCUT2D eigenvalue weighted by Crippen LogP contribution is 2.27. The summed E-state index contributed by atoms with van der Waals surface area (Å²) in [5.41, 5.74) is 9.46. The predicted molar refractivity (Wildman–Crippen MR) is 141 cm³/mol. The standard InChI is InChI=1S/C29H37N3O4/c1-5-22(16-20-7-6-8-21(15-20)19-30)27(33)18-23-17-25(9-10-26(23)31)35-24-11-13-32(14-12-24)28(34)36-29(2,3)4/h6-10,15-17,24,27,33H,5,11-14,18,31H2,1-4H3/b22-16+. The first-order valence-corrected chi connectivity index (χ1v) is 12.5. The average Bonchev–Trinajstić information content (AvgIpc) is 2.84. The number of likely N-dealkylation sites (tertiary alicyclic amines) is 1. The first-order valence-electron chi connectivity index (χ1n) is 12.5. The van der Waals surface area contributed by atoms with E-state index in [2.05, 4.69) is 6.07 Å². The molecule has 0 spiro atoms. The highest BCUT2D eigenvalue weighted by Gasteiger charge is 2.27. The number of rotatable bonds is 7. The summed E-state index contributed by atoms with van der Waals surface area (Å²) in [6, 6.07) is 15.0. The Morgan fingerprint density at radius 3 is 2.61 bits per heavy atom. The summed E-state index contributed by atoms with van der Waals surface area (Å²) in [4.78, 5) is 14.0. The Hall–Kier alpha value is -3.50. The van der Waals surface area contributed by atoms with E-state index in [1.54, 1.807) is 23.1 Å². The fourth-order valence-electron chi connectivity index (χ4n) is 4.19. The number of anilines is 1. The molecule has 1 saturated heterocycles. The van der Waals surface area contributed by atoms with Gasteiger partial charge in [-0.1, -0.05) is 25.1 Å². The second-order valence-corrected chi connectivity index (χ2v) is 10.2. The second-order valence-electron chi connectivity index (χ2n) is 10.2. The predicted octanol–water partition coefficient (Wildman–Crippen LogP) is 5.32. The summed E-state index contributed by atoms with van der Waals surface area (Å²) in [5.74, 6) is 0.700. The van der Waals surface area contributed by atoms with E-state index in [4.69, 9.17) is 20.5 Å². The van der Waals surface area contributed by atoms with E-state index in [-0.39, 0.29) is 12.2 Å². The van der Waals surface area contributed by atoms with Crippen molar-refractivity contribution in [1.29, 1.82) is 5.26 Å². The van der Waals surface area contributed by atoms with Gasteiger partial charge in [0.05, 0.1) is 17.7 Å². The number of hydrogen-bond donors (Lipinski definition) is 2. The van der Waals surface area contributed by atoms with Gasteiger partial charge in [-0.3, -0.25) is 0 Å². The lowest BCUT2D eigenvalue weighted by molar-refractivity contribution is 0.0126. The zero-order valence-corrected chi connectivity index (χ0v) is 21.7. The lowest BCUT2D eigenvalue weighted by Crippen LogP contribution is -2.44. The van der Waals surface area contributed by atoms with Gasteiger partial charge >= 0.3 is 6.09 Å². The molecule has 192 valence electrons. The van der Waals surface area contributed by atoms with Gasteiger partial charge in [-0.05, 0) is 74.2 Å². The number of benzene rings is 2. The lowest BCUT2D eigenvalue weighted by Gasteiger charge is -2.33. The van der Waals surface area contributed by atoms with E-state index in [0.717, 1.165) is 16.7 Å². The number of carbonyl (C=O) groups is 1. The number of hydrogen-bond acceptors (Lipinski definition) is 6. The summed E-state index contributed by atoms with van der Waals surface area (Å²) < 4.78 is 11.7. The molecule has 0 radical (unpaired) electrons. The molecule has 2 aromatic carbocycles. The zero-order valence-electron chi connectivity index (χ0n) is 21.7. The molecular formula is C29H37N3O4. The number of nitriles is 1. The van der Waals surface area contributed by atoms with Gasteiger partial charge in [0.25, 0.3) is 0 Å². The van der Waals surface area contributed by atoms with Crippen LogP contribution in [0.3, 0.4) is 0 Å². The fourth-order valence-corrected chi connectivity index (χ4v) is 4.19. The Bertz CT molecular complexity index is 1120. The molecule has 7 nitrogen and oxygen atoms in total. The van der Waals surface area contributed by atoms with Gasteiger partial charge in [-0.25, -0.2) is 4.79 Å². The van der Waals surface area contributed by atoms with Crippen LogP contribution in [0.2, 0.25) is 0 Å². The Balaban J connectivity index is 1.62. The van der Waals surface area contributed by atoms with Crippen molar-refractivity contribution >= 4 is 17.9 Å². The number of amides is 1. The molecule has 7 heteroatoms. The van der Waals surface area contributed by atoms with Gasteiger partial charge in [-0.15, -0.1) is 0 Å². The van der Waals surface area contributed by atoms with E-state index in [1.807, 2.05) is 58.0 Å². The summed E-state index contributed by atoms with van der Waals surface area (Å²) >= 11 is 0. The molecule has 1 aliphatic heterocycles. The summed E-state index contributed by atoms with van der Waals surface area (Å²) in [7, 11) is 0. The van der Waals surface area contributed by atoms with Crippen molar-refractivity contribution in [2.45, 2.75) is 71.2 Å². The molecule has 3 N–H and O–H groups in total. The largest absolute Gasteiger partial charge is 0.490 e. The molecule has 0 aromatic heterocycles. The van der Waals surface area contributed by atoms with Crippen LogP contribution < -0.4 is 10.5 Å². The summed E-state index contributed by atoms with van der Waals surface area (Å²) in [6.45, 7) is 8.75. The SMILES string of the molecule is CC/C(=C\c1cccc(C#N)c1)C(O)Cc1cc(OC2CCN(C(=O)OC(C)(C)C)CC2)ccc1N. The highest BCUT2D eigenvalue weighted by atomic mass is 16.6. The maximum Gasteiger partial charge on any atom is 0.410 e. The minimum absolute atomic E-state index is 0.0106. The Kier molecular flexibility index (Phi) is 9.00. The Morgan fingerprint density at radius 2 is 1.97 bits per heavy atom. The molecule has 36 heavy (non-hydrogen) atoms. The molecule has 0 saturated carbocycles. The first-order chi connectivity index (χ1) is 17.1. The smallest absolute Gasteiger partial charge is 0.410 e. The topological polar surface area (TPSA) is 109 Å². The third-order valence-electron chi connectivity index (χ3n) is 6.13. The van der Waals surface area contributed by atoms with Crippen molar-refractivity contribution < 1.29 is 19.4 Å². The van der Waals surface area contributed by atoms with Crippen LogP contribution in [0, 0.1) is 11.3 Å². The highest BCUT2D eigenvalue weighted by molar-refractivity contribution is 5.68. The number of nitrogens with zero attached hydrogens (tertiary/aromatic N) is 2. The average molecular weight is 492 g/mol. The number of aliphatic hydroxyl groups excluding tert-OH is 1. The number of nitrogen functional groups attached to an aromatic ring is 1. The van der Waals surface area contributed by atoms with Crippen molar-refractivity contribution in [3.63, 3.8) is 0 Å². The van der Waals surface area contributed by atoms with Gasteiger partial charge in [0.1, 0.15) is 17.5 Å². The third-order valence-corrected chi connectivity index (χ3v) is 6.13. The van der Waals surface area contributed by atoms with Crippen LogP contribution >= 0.6 is 0 Å². The van der Waals surface area contributed by atoms with E-state index in [1.165, 1.54) is 0 Å². The van der Waals surface area contributed by atoms with Crippen LogP contribution in [0.4, 0.5) is 10.5 Å². The third kappa shape index (κ3) is 7.76. The molecular weight excluding hydrogens is 454 g/mol. The van der Waals surface area contributed by atoms with Crippen molar-refractivity contribution in [2.24, 2.45) is 0 Å². The monoisotopic (exact) mass is 491 g/mol. The molecule has 3 rings (SSSR count). The van der Waals surface area contributed by atoms with Crippen LogP contribution in [0.1, 0.15) is 63.6 Å². The van der Waals surface area contributed by atoms with Crippen molar-refractivity contribution in [3.8, 4) is 11.8 Å². The van der Waals surface area contributed by atoms with Gasteiger partial charge in [0.15, 0.2) is 0 Å². The summed E-state index contributed by atoms with van der Waals surface area (Å²) in [5, 5.41) is 20.1. The lowest BCUT2D eigenvalue weighted by atomic mass is 9.96. The van der Waals surface area contributed by atoms with Crippen LogP contribution in [0.5, 0.6) is 5.75 Å². The van der Waals surface area contributed by atoms with Crippen LogP contribution in [0.25, 0.3) is 6.08 Å². The summed E-state index contributed by atoms with van der Waals surface area (Å²) in [6.07, 6.45) is 3.38. The quantitative estimate of drug-likeness (QED) is 0.508. The normalized spacial score (nSPS) is 15.8. The van der Waals surface area contributed by atoms with Crippen LogP contribution in [-0.2, 0) is 11.2 Å². The fraction of sp³-hybridized carbons (Fsp3) is 0.448. The van der Waals surface area contributed by atoms with E-state index in [0.29, 0.717) is 55.8 Å². The van der Waals surface area contributed by atoms with Gasteiger partial charge in [0, 0.05) is 38.0 Å². The molecule has 1 aliphatic rings. The maximum absolute atomic E-state index is 12.3. The number of carbonyl (C=O) groups excluding carboxylic acids is 1. The molecule has 1 amide bonds. The molecule has 2 aromatic rings. The minimum atomic E-state index is -0.713. The van der Waals surface area contributed by atoms with Crippen LogP contribution in [0.15, 0.2) is 48.0 Å². The van der Waals surface area contributed by atoms with Crippen molar-refractivity contribution in [3.05, 3.63) is 64.7 Å². The van der Waals surface area contributed by atoms with E-state index in [9.17, 15) is 9.90 Å². The second kappa shape index (κ2) is 12.0. The molecule has 0 aliphatic carbocycles. The molecule has 0 bridgehead atoms. The van der Waals surface area contributed by atoms with Gasteiger partial charge in [-0.2, -0.15) is 5.26 Å². The molecule has 1 fully saturated rings. The number of piperidine rings is 1. The van der Waals surface area contributed by atoms with Crippen molar-refractivity contribution in [2.75, 3.05) is 18.8 Å². The number of aliphatic hydroxyl groups is 1. The molecule has 1 atom stereocenters. The number of ether oxygens (including phenoxy) is 2. The minimum Gasteiger partial charge on any atom is -0.490 e. The first kappa shape index (κ1) is 27.1. The van der Waals surface area contributed by atoms with E-state index < -0.39 is 11.7 Å². The van der Waals surface area contributed by atoms with Crippen LogP contribution in [-0.4, -0.2) is 47.0 Å². The van der Waals surface area contributed by atoms with E-state index >= 15 is 0 Å². The van der Waals surface area contributed by atoms with Crippen molar-refractivity contribution in [1.82, 2.24) is 4.90 Å². The molecule has 1 unspecified atom stereocenters.